The molecule has 1 N–H and O–H groups in total. The average Bonchev–Trinajstić information content (AvgIpc) is 2.29. The van der Waals surface area contributed by atoms with Gasteiger partial charge in [-0.25, -0.2) is 12.8 Å². The van der Waals surface area contributed by atoms with Gasteiger partial charge >= 0.3 is 0 Å². The largest absolute Gasteiger partial charge is 0.314 e. The van der Waals surface area contributed by atoms with E-state index in [0.717, 1.165) is 6.07 Å². The maximum Gasteiger partial charge on any atom is 0.246 e. The van der Waals surface area contributed by atoms with E-state index in [-0.39, 0.29) is 9.92 Å². The Labute approximate surface area is 104 Å². The monoisotopic (exact) mass is 278 g/mol. The lowest BCUT2D eigenvalue weighted by atomic mass is 10.3. The van der Waals surface area contributed by atoms with Crippen LogP contribution < -0.4 is 5.32 Å². The molecule has 17 heavy (non-hydrogen) atoms. The zero-order chi connectivity index (χ0) is 12.5. The van der Waals surface area contributed by atoms with Crippen molar-refractivity contribution >= 4 is 21.6 Å². The van der Waals surface area contributed by atoms with Crippen LogP contribution in [-0.4, -0.2) is 38.9 Å². The molecule has 0 bridgehead atoms. The van der Waals surface area contributed by atoms with E-state index in [1.165, 1.54) is 16.4 Å². The molecule has 4 nitrogen and oxygen atoms in total. The Bertz CT molecular complexity index is 515. The molecule has 1 heterocycles. The van der Waals surface area contributed by atoms with Gasteiger partial charge in [-0.05, 0) is 18.2 Å². The van der Waals surface area contributed by atoms with Crippen LogP contribution in [0.2, 0.25) is 5.02 Å². The number of hydrogen-bond acceptors (Lipinski definition) is 3. The van der Waals surface area contributed by atoms with Crippen molar-refractivity contribution in [1.82, 2.24) is 9.62 Å². The van der Waals surface area contributed by atoms with Crippen LogP contribution in [0.5, 0.6) is 0 Å². The molecule has 0 spiro atoms. The Morgan fingerprint density at radius 2 is 1.94 bits per heavy atom. The van der Waals surface area contributed by atoms with Crippen molar-refractivity contribution in [1.29, 1.82) is 0 Å². The fraction of sp³-hybridized carbons (Fsp3) is 0.400. The van der Waals surface area contributed by atoms with Crippen LogP contribution in [-0.2, 0) is 10.0 Å². The van der Waals surface area contributed by atoms with Crippen molar-refractivity contribution in [2.24, 2.45) is 0 Å². The van der Waals surface area contributed by atoms with Crippen LogP contribution in [0.3, 0.4) is 0 Å². The lowest BCUT2D eigenvalue weighted by molar-refractivity contribution is 0.358. The molecule has 1 aromatic carbocycles. The second kappa shape index (κ2) is 4.89. The van der Waals surface area contributed by atoms with Crippen LogP contribution in [0.1, 0.15) is 0 Å². The molecule has 1 fully saturated rings. The van der Waals surface area contributed by atoms with Crippen LogP contribution in [0.25, 0.3) is 0 Å². The van der Waals surface area contributed by atoms with E-state index in [1.807, 2.05) is 0 Å². The molecular formula is C10H12ClFN2O2S. The number of sulfonamides is 1. The lowest BCUT2D eigenvalue weighted by Crippen LogP contribution is -2.46. The fourth-order valence-electron chi connectivity index (χ4n) is 1.71. The van der Waals surface area contributed by atoms with E-state index in [9.17, 15) is 12.8 Å². The van der Waals surface area contributed by atoms with Gasteiger partial charge in [0.1, 0.15) is 10.7 Å². The molecule has 0 atom stereocenters. The quantitative estimate of drug-likeness (QED) is 0.880. The summed E-state index contributed by atoms with van der Waals surface area (Å²) < 4.78 is 39.1. The summed E-state index contributed by atoms with van der Waals surface area (Å²) in [5, 5.41) is 3.22. The Morgan fingerprint density at radius 1 is 1.29 bits per heavy atom. The molecule has 0 aromatic heterocycles. The average molecular weight is 279 g/mol. The molecule has 1 saturated heterocycles. The second-order valence-electron chi connectivity index (χ2n) is 3.73. The summed E-state index contributed by atoms with van der Waals surface area (Å²) in [5.74, 6) is -0.809. The maximum absolute atomic E-state index is 13.6. The van der Waals surface area contributed by atoms with Gasteiger partial charge < -0.3 is 5.32 Å². The molecule has 2 rings (SSSR count). The highest BCUT2D eigenvalue weighted by Crippen LogP contribution is 2.22. The van der Waals surface area contributed by atoms with Gasteiger partial charge in [0, 0.05) is 31.2 Å². The van der Waals surface area contributed by atoms with Crippen molar-refractivity contribution in [3.8, 4) is 0 Å². The summed E-state index contributed by atoms with van der Waals surface area (Å²) >= 11 is 5.59. The van der Waals surface area contributed by atoms with Crippen molar-refractivity contribution in [2.75, 3.05) is 26.2 Å². The molecule has 1 aliphatic heterocycles. The van der Waals surface area contributed by atoms with E-state index in [1.54, 1.807) is 0 Å². The highest BCUT2D eigenvalue weighted by Gasteiger charge is 2.28. The maximum atomic E-state index is 13.6. The Morgan fingerprint density at radius 3 is 2.53 bits per heavy atom. The topological polar surface area (TPSA) is 49.4 Å². The summed E-state index contributed by atoms with van der Waals surface area (Å²) in [6, 6.07) is 3.59. The standard InChI is InChI=1S/C10H12ClFN2O2S/c11-8-1-2-10(9(12)7-8)17(15,16)14-5-3-13-4-6-14/h1-2,7,13H,3-6H2. The molecule has 0 saturated carbocycles. The third kappa shape index (κ3) is 2.60. The summed E-state index contributed by atoms with van der Waals surface area (Å²) in [6.07, 6.45) is 0. The molecule has 0 unspecified atom stereocenters. The molecule has 1 aromatic rings. The molecule has 0 aliphatic carbocycles. The van der Waals surface area contributed by atoms with Crippen molar-refractivity contribution in [3.63, 3.8) is 0 Å². The van der Waals surface area contributed by atoms with Crippen LogP contribution >= 0.6 is 11.6 Å². The SMILES string of the molecule is O=S(=O)(c1ccc(Cl)cc1F)N1CCNCC1. The number of nitrogens with one attached hydrogen (secondary N) is 1. The number of piperazine rings is 1. The number of hydrogen-bond donors (Lipinski definition) is 1. The predicted molar refractivity (Wildman–Crippen MR) is 63.0 cm³/mol. The molecule has 7 heteroatoms. The van der Waals surface area contributed by atoms with E-state index >= 15 is 0 Å². The summed E-state index contributed by atoms with van der Waals surface area (Å²) in [4.78, 5) is -0.316. The summed E-state index contributed by atoms with van der Waals surface area (Å²) in [7, 11) is -3.75. The summed E-state index contributed by atoms with van der Waals surface area (Å²) in [5.41, 5.74) is 0. The van der Waals surface area contributed by atoms with Crippen LogP contribution in [0.15, 0.2) is 23.1 Å². The number of nitrogens with zero attached hydrogens (tertiary/aromatic N) is 1. The van der Waals surface area contributed by atoms with Gasteiger partial charge in [0.15, 0.2) is 0 Å². The van der Waals surface area contributed by atoms with E-state index in [4.69, 9.17) is 11.6 Å². The minimum Gasteiger partial charge on any atom is -0.314 e. The first kappa shape index (κ1) is 12.8. The molecule has 94 valence electrons. The first-order chi connectivity index (χ1) is 8.01. The van der Waals surface area contributed by atoms with E-state index < -0.39 is 15.8 Å². The van der Waals surface area contributed by atoms with Gasteiger partial charge in [-0.2, -0.15) is 4.31 Å². The minimum atomic E-state index is -3.75. The first-order valence-electron chi connectivity index (χ1n) is 5.18. The molecule has 0 radical (unpaired) electrons. The normalized spacial score (nSPS) is 18.2. The second-order valence-corrected chi connectivity index (χ2v) is 6.07. The third-order valence-electron chi connectivity index (χ3n) is 2.59. The van der Waals surface area contributed by atoms with Gasteiger partial charge in [-0.1, -0.05) is 11.6 Å². The van der Waals surface area contributed by atoms with Gasteiger partial charge in [0.05, 0.1) is 0 Å². The van der Waals surface area contributed by atoms with Crippen LogP contribution in [0, 0.1) is 5.82 Å². The highest BCUT2D eigenvalue weighted by molar-refractivity contribution is 7.89. The van der Waals surface area contributed by atoms with E-state index in [0.29, 0.717) is 26.2 Å². The van der Waals surface area contributed by atoms with Crippen molar-refractivity contribution < 1.29 is 12.8 Å². The number of rotatable bonds is 2. The highest BCUT2D eigenvalue weighted by atomic mass is 35.5. The molecular weight excluding hydrogens is 267 g/mol. The molecule has 0 amide bonds. The van der Waals surface area contributed by atoms with Crippen molar-refractivity contribution in [2.45, 2.75) is 4.90 Å². The minimum absolute atomic E-state index is 0.182. The summed E-state index contributed by atoms with van der Waals surface area (Å²) in [6.45, 7) is 1.86. The van der Waals surface area contributed by atoms with Gasteiger partial charge in [-0.15, -0.1) is 0 Å². The number of benzene rings is 1. The third-order valence-corrected chi connectivity index (χ3v) is 4.75. The Kier molecular flexibility index (Phi) is 3.67. The smallest absolute Gasteiger partial charge is 0.246 e. The first-order valence-corrected chi connectivity index (χ1v) is 6.99. The predicted octanol–water partition coefficient (Wildman–Crippen LogP) is 1.07. The Balaban J connectivity index is 2.37. The van der Waals surface area contributed by atoms with Gasteiger partial charge in [0.2, 0.25) is 10.0 Å². The van der Waals surface area contributed by atoms with Crippen LogP contribution in [0.4, 0.5) is 4.39 Å². The van der Waals surface area contributed by atoms with Gasteiger partial charge in [0.25, 0.3) is 0 Å². The zero-order valence-electron chi connectivity index (χ0n) is 8.99. The fourth-order valence-corrected chi connectivity index (χ4v) is 3.35. The van der Waals surface area contributed by atoms with E-state index in [2.05, 4.69) is 5.32 Å². The Hall–Kier alpha value is -0.690. The number of halogens is 2. The lowest BCUT2D eigenvalue weighted by Gasteiger charge is -2.26. The van der Waals surface area contributed by atoms with Gasteiger partial charge in [-0.3, -0.25) is 0 Å². The molecule has 1 aliphatic rings. The van der Waals surface area contributed by atoms with Crippen molar-refractivity contribution in [3.05, 3.63) is 29.0 Å². The zero-order valence-corrected chi connectivity index (χ0v) is 10.6.